The molecule has 1 amide bonds. The van der Waals surface area contributed by atoms with Crippen molar-refractivity contribution in [3.8, 4) is 6.07 Å². The number of nitrogens with one attached hydrogen (secondary N) is 2. The van der Waals surface area contributed by atoms with Crippen LogP contribution in [0.1, 0.15) is 26.3 Å². The van der Waals surface area contributed by atoms with Crippen molar-refractivity contribution in [2.24, 2.45) is 0 Å². The molecule has 0 bridgehead atoms. The Morgan fingerprint density at radius 2 is 2.17 bits per heavy atom. The molecule has 0 aliphatic rings. The Morgan fingerprint density at radius 1 is 1.50 bits per heavy atom. The van der Waals surface area contributed by atoms with Crippen LogP contribution < -0.4 is 10.6 Å². The van der Waals surface area contributed by atoms with Gasteiger partial charge in [-0.3, -0.25) is 4.79 Å². The summed E-state index contributed by atoms with van der Waals surface area (Å²) in [6, 6.07) is 6.79. The summed E-state index contributed by atoms with van der Waals surface area (Å²) in [4.78, 5) is 12.1. The number of benzene rings is 1. The van der Waals surface area contributed by atoms with Gasteiger partial charge in [0.2, 0.25) is 5.91 Å². The minimum Gasteiger partial charge on any atom is -0.323 e. The third-order valence-corrected chi connectivity index (χ3v) is 2.77. The maximum atomic E-state index is 12.1. The summed E-state index contributed by atoms with van der Waals surface area (Å²) in [7, 11) is 0. The lowest BCUT2D eigenvalue weighted by molar-refractivity contribution is -0.121. The molecule has 1 aromatic rings. The number of nitrogens with zero attached hydrogens (tertiary/aromatic N) is 1. The number of carbonyl (C=O) groups excluding carboxylic acids is 1. The lowest BCUT2D eigenvalue weighted by atomic mass is 10.0. The number of amides is 1. The largest absolute Gasteiger partial charge is 0.323 e. The topological polar surface area (TPSA) is 64.9 Å². The van der Waals surface area contributed by atoms with Crippen molar-refractivity contribution in [2.75, 3.05) is 11.9 Å². The quantitative estimate of drug-likeness (QED) is 0.879. The molecule has 96 valence electrons. The predicted molar refractivity (Wildman–Crippen MR) is 72.6 cm³/mol. The van der Waals surface area contributed by atoms with Gasteiger partial charge in [0.05, 0.1) is 16.8 Å². The highest BCUT2D eigenvalue weighted by molar-refractivity contribution is 6.31. The molecule has 1 aromatic carbocycles. The van der Waals surface area contributed by atoms with Crippen LogP contribution in [0.5, 0.6) is 0 Å². The fourth-order valence-corrected chi connectivity index (χ4v) is 1.69. The van der Waals surface area contributed by atoms with Gasteiger partial charge in [-0.15, -0.1) is 0 Å². The van der Waals surface area contributed by atoms with Crippen LogP contribution in [0.4, 0.5) is 5.69 Å². The van der Waals surface area contributed by atoms with Crippen LogP contribution in [0.2, 0.25) is 5.02 Å². The number of anilines is 1. The van der Waals surface area contributed by atoms with Gasteiger partial charge in [0.1, 0.15) is 6.07 Å². The van der Waals surface area contributed by atoms with Crippen molar-refractivity contribution in [2.45, 2.75) is 26.3 Å². The van der Waals surface area contributed by atoms with Crippen molar-refractivity contribution in [3.05, 3.63) is 28.8 Å². The molecule has 0 saturated heterocycles. The Labute approximate surface area is 112 Å². The van der Waals surface area contributed by atoms with Crippen LogP contribution in [0.3, 0.4) is 0 Å². The fraction of sp³-hybridized carbons (Fsp3) is 0.385. The normalized spacial score (nSPS) is 10.8. The van der Waals surface area contributed by atoms with Gasteiger partial charge >= 0.3 is 0 Å². The summed E-state index contributed by atoms with van der Waals surface area (Å²) in [5, 5.41) is 15.2. The lowest BCUT2D eigenvalue weighted by Crippen LogP contribution is -2.49. The maximum Gasteiger partial charge on any atom is 0.244 e. The van der Waals surface area contributed by atoms with E-state index in [-0.39, 0.29) is 5.91 Å². The highest BCUT2D eigenvalue weighted by Crippen LogP contribution is 2.21. The second kappa shape index (κ2) is 5.85. The van der Waals surface area contributed by atoms with Gasteiger partial charge in [0.15, 0.2) is 0 Å². The summed E-state index contributed by atoms with van der Waals surface area (Å²) in [5.41, 5.74) is 0.116. The summed E-state index contributed by atoms with van der Waals surface area (Å²) in [6.07, 6.45) is 0. The van der Waals surface area contributed by atoms with Crippen molar-refractivity contribution < 1.29 is 4.79 Å². The number of likely N-dealkylation sites (N-methyl/N-ethyl adjacent to an activating group) is 1. The smallest absolute Gasteiger partial charge is 0.244 e. The number of carbonyl (C=O) groups is 1. The molecule has 0 heterocycles. The van der Waals surface area contributed by atoms with Crippen LogP contribution in [0.25, 0.3) is 0 Å². The lowest BCUT2D eigenvalue weighted by Gasteiger charge is -2.24. The summed E-state index contributed by atoms with van der Waals surface area (Å²) in [5.74, 6) is -0.205. The monoisotopic (exact) mass is 265 g/mol. The van der Waals surface area contributed by atoms with Gasteiger partial charge in [-0.05, 0) is 38.6 Å². The summed E-state index contributed by atoms with van der Waals surface area (Å²) < 4.78 is 0. The Bertz CT molecular complexity index is 491. The minimum absolute atomic E-state index is 0.205. The zero-order valence-corrected chi connectivity index (χ0v) is 11.4. The molecule has 0 spiro atoms. The van der Waals surface area contributed by atoms with E-state index in [0.29, 0.717) is 22.8 Å². The molecule has 0 aliphatic heterocycles. The molecular formula is C13H16ClN3O. The fourth-order valence-electron chi connectivity index (χ4n) is 1.52. The molecule has 0 fully saturated rings. The van der Waals surface area contributed by atoms with Crippen molar-refractivity contribution in [3.63, 3.8) is 0 Å². The molecular weight excluding hydrogens is 250 g/mol. The third-order valence-electron chi connectivity index (χ3n) is 2.54. The van der Waals surface area contributed by atoms with Crippen LogP contribution in [0, 0.1) is 11.3 Å². The van der Waals surface area contributed by atoms with E-state index in [1.807, 2.05) is 13.0 Å². The second-order valence-corrected chi connectivity index (χ2v) is 4.85. The highest BCUT2D eigenvalue weighted by atomic mass is 35.5. The van der Waals surface area contributed by atoms with Gasteiger partial charge in [0, 0.05) is 5.02 Å². The van der Waals surface area contributed by atoms with Crippen molar-refractivity contribution in [1.29, 1.82) is 5.26 Å². The molecule has 0 unspecified atom stereocenters. The zero-order chi connectivity index (χ0) is 13.8. The average Bonchev–Trinajstić information content (AvgIpc) is 2.29. The third kappa shape index (κ3) is 3.46. The van der Waals surface area contributed by atoms with Crippen LogP contribution in [0.15, 0.2) is 18.2 Å². The molecule has 4 nitrogen and oxygen atoms in total. The van der Waals surface area contributed by atoms with Crippen LogP contribution in [-0.4, -0.2) is 18.0 Å². The van der Waals surface area contributed by atoms with E-state index in [1.54, 1.807) is 32.0 Å². The van der Waals surface area contributed by atoms with E-state index in [1.165, 1.54) is 0 Å². The minimum atomic E-state index is -0.705. The molecule has 2 N–H and O–H groups in total. The first-order valence-corrected chi connectivity index (χ1v) is 6.04. The predicted octanol–water partition coefficient (Wildman–Crippen LogP) is 2.54. The van der Waals surface area contributed by atoms with Crippen LogP contribution in [-0.2, 0) is 4.79 Å². The van der Waals surface area contributed by atoms with Gasteiger partial charge < -0.3 is 10.6 Å². The first-order chi connectivity index (χ1) is 8.40. The number of hydrogen-bond acceptors (Lipinski definition) is 3. The van der Waals surface area contributed by atoms with Gasteiger partial charge in [-0.2, -0.15) is 5.26 Å². The standard InChI is InChI=1S/C13H16ClN3O/c1-4-16-13(2,3)12(18)17-11-7-10(14)6-5-9(11)8-15/h5-7,16H,4H2,1-3H3,(H,17,18). The first kappa shape index (κ1) is 14.5. The molecule has 0 saturated carbocycles. The van der Waals surface area contributed by atoms with Gasteiger partial charge in [-0.1, -0.05) is 18.5 Å². The SMILES string of the molecule is CCNC(C)(C)C(=O)Nc1cc(Cl)ccc1C#N. The maximum absolute atomic E-state index is 12.1. The van der Waals surface area contributed by atoms with E-state index in [4.69, 9.17) is 16.9 Å². The van der Waals surface area contributed by atoms with E-state index >= 15 is 0 Å². The molecule has 5 heteroatoms. The van der Waals surface area contributed by atoms with Crippen molar-refractivity contribution >= 4 is 23.2 Å². The molecule has 1 rings (SSSR count). The second-order valence-electron chi connectivity index (χ2n) is 4.41. The molecule has 0 radical (unpaired) electrons. The first-order valence-electron chi connectivity index (χ1n) is 5.67. The highest BCUT2D eigenvalue weighted by Gasteiger charge is 2.26. The number of nitriles is 1. The van der Waals surface area contributed by atoms with Crippen LogP contribution >= 0.6 is 11.6 Å². The van der Waals surface area contributed by atoms with Gasteiger partial charge in [0.25, 0.3) is 0 Å². The Kier molecular flexibility index (Phi) is 4.71. The van der Waals surface area contributed by atoms with E-state index < -0.39 is 5.54 Å². The molecule has 0 atom stereocenters. The Morgan fingerprint density at radius 3 is 2.72 bits per heavy atom. The number of hydrogen-bond donors (Lipinski definition) is 2. The molecule has 0 aromatic heterocycles. The van der Waals surface area contributed by atoms with Gasteiger partial charge in [-0.25, -0.2) is 0 Å². The van der Waals surface area contributed by atoms with E-state index in [9.17, 15) is 4.79 Å². The summed E-state index contributed by atoms with van der Waals surface area (Å²) in [6.45, 7) is 6.17. The number of rotatable bonds is 4. The summed E-state index contributed by atoms with van der Waals surface area (Å²) >= 11 is 5.86. The Hall–Kier alpha value is -1.57. The Balaban J connectivity index is 2.95. The van der Waals surface area contributed by atoms with E-state index in [2.05, 4.69) is 10.6 Å². The van der Waals surface area contributed by atoms with E-state index in [0.717, 1.165) is 0 Å². The molecule has 0 aliphatic carbocycles. The average molecular weight is 266 g/mol. The number of halogens is 1. The molecule has 18 heavy (non-hydrogen) atoms. The zero-order valence-electron chi connectivity index (χ0n) is 10.7. The van der Waals surface area contributed by atoms with Crippen molar-refractivity contribution in [1.82, 2.24) is 5.32 Å².